The normalized spacial score (nSPS) is 10.3. The van der Waals surface area contributed by atoms with Gasteiger partial charge in [0.25, 0.3) is 0 Å². The highest BCUT2D eigenvalue weighted by atomic mass is 32.2. The first kappa shape index (κ1) is 15.6. The SMILES string of the molecule is CCCNCc1ccc(SCc2ccnc(C#N)c2)cc1. The molecule has 1 N–H and O–H groups in total. The Hall–Kier alpha value is -1.83. The van der Waals surface area contributed by atoms with E-state index in [4.69, 9.17) is 5.26 Å². The molecule has 0 bridgehead atoms. The van der Waals surface area contributed by atoms with Gasteiger partial charge in [0.05, 0.1) is 0 Å². The minimum atomic E-state index is 0.477. The van der Waals surface area contributed by atoms with E-state index in [1.54, 1.807) is 18.0 Å². The zero-order chi connectivity index (χ0) is 14.9. The Labute approximate surface area is 130 Å². The summed E-state index contributed by atoms with van der Waals surface area (Å²) in [6.45, 7) is 4.15. The molecule has 0 amide bonds. The van der Waals surface area contributed by atoms with Crippen molar-refractivity contribution >= 4 is 11.8 Å². The van der Waals surface area contributed by atoms with Gasteiger partial charge >= 0.3 is 0 Å². The van der Waals surface area contributed by atoms with Gasteiger partial charge in [-0.05, 0) is 48.4 Å². The molecule has 1 aromatic carbocycles. The monoisotopic (exact) mass is 297 g/mol. The zero-order valence-electron chi connectivity index (χ0n) is 12.2. The molecule has 4 heteroatoms. The summed E-state index contributed by atoms with van der Waals surface area (Å²) in [7, 11) is 0. The van der Waals surface area contributed by atoms with Gasteiger partial charge in [-0.1, -0.05) is 19.1 Å². The van der Waals surface area contributed by atoms with Gasteiger partial charge in [0, 0.05) is 23.4 Å². The number of aromatic nitrogens is 1. The molecule has 1 heterocycles. The molecule has 2 rings (SSSR count). The fraction of sp³-hybridized carbons (Fsp3) is 0.294. The second-order valence-electron chi connectivity index (χ2n) is 4.77. The summed E-state index contributed by atoms with van der Waals surface area (Å²) in [5, 5.41) is 12.2. The molecule has 21 heavy (non-hydrogen) atoms. The summed E-state index contributed by atoms with van der Waals surface area (Å²) in [6.07, 6.45) is 2.85. The lowest BCUT2D eigenvalue weighted by atomic mass is 10.2. The van der Waals surface area contributed by atoms with Crippen LogP contribution >= 0.6 is 11.8 Å². The Balaban J connectivity index is 1.87. The van der Waals surface area contributed by atoms with E-state index in [-0.39, 0.29) is 0 Å². The number of nitriles is 1. The third-order valence-corrected chi connectivity index (χ3v) is 4.11. The summed E-state index contributed by atoms with van der Waals surface area (Å²) in [5.74, 6) is 0.852. The molecule has 0 aliphatic rings. The van der Waals surface area contributed by atoms with Crippen LogP contribution < -0.4 is 5.32 Å². The van der Waals surface area contributed by atoms with Crippen LogP contribution in [0.25, 0.3) is 0 Å². The highest BCUT2D eigenvalue weighted by Crippen LogP contribution is 2.23. The molecule has 0 saturated carbocycles. The molecule has 1 aromatic heterocycles. The van der Waals surface area contributed by atoms with Crippen LogP contribution in [0.5, 0.6) is 0 Å². The van der Waals surface area contributed by atoms with E-state index in [0.717, 1.165) is 30.8 Å². The molecule has 0 saturated heterocycles. The number of benzene rings is 1. The van der Waals surface area contributed by atoms with Crippen molar-refractivity contribution in [2.75, 3.05) is 6.54 Å². The lowest BCUT2D eigenvalue weighted by molar-refractivity contribution is 0.675. The molecular weight excluding hydrogens is 278 g/mol. The first-order valence-electron chi connectivity index (χ1n) is 7.09. The fourth-order valence-electron chi connectivity index (χ4n) is 1.90. The Kier molecular flexibility index (Phi) is 6.26. The number of thioether (sulfide) groups is 1. The number of hydrogen-bond acceptors (Lipinski definition) is 4. The van der Waals surface area contributed by atoms with Crippen LogP contribution in [0, 0.1) is 11.3 Å². The maximum atomic E-state index is 8.84. The van der Waals surface area contributed by atoms with Crippen molar-refractivity contribution in [2.45, 2.75) is 30.5 Å². The molecule has 2 aromatic rings. The second-order valence-corrected chi connectivity index (χ2v) is 5.82. The van der Waals surface area contributed by atoms with Gasteiger partial charge in [-0.15, -0.1) is 11.8 Å². The summed E-state index contributed by atoms with van der Waals surface area (Å²) in [5.41, 5.74) is 2.91. The van der Waals surface area contributed by atoms with E-state index in [0.29, 0.717) is 5.69 Å². The summed E-state index contributed by atoms with van der Waals surface area (Å²) < 4.78 is 0. The number of nitrogens with zero attached hydrogens (tertiary/aromatic N) is 2. The van der Waals surface area contributed by atoms with Crippen LogP contribution in [-0.4, -0.2) is 11.5 Å². The summed E-state index contributed by atoms with van der Waals surface area (Å²) in [4.78, 5) is 5.22. The van der Waals surface area contributed by atoms with Crippen molar-refractivity contribution in [1.82, 2.24) is 10.3 Å². The summed E-state index contributed by atoms with van der Waals surface area (Å²) >= 11 is 1.77. The van der Waals surface area contributed by atoms with Crippen molar-refractivity contribution in [3.8, 4) is 6.07 Å². The second kappa shape index (κ2) is 8.46. The minimum absolute atomic E-state index is 0.477. The molecule has 108 valence electrons. The van der Waals surface area contributed by atoms with E-state index in [9.17, 15) is 0 Å². The lowest BCUT2D eigenvalue weighted by Crippen LogP contribution is -2.13. The standard InChI is InChI=1S/C17H19N3S/c1-2-8-19-12-14-3-5-17(6-4-14)21-13-15-7-9-20-16(10-15)11-18/h3-7,9-10,19H,2,8,12-13H2,1H3. The smallest absolute Gasteiger partial charge is 0.140 e. The topological polar surface area (TPSA) is 48.7 Å². The van der Waals surface area contributed by atoms with Crippen LogP contribution in [0.4, 0.5) is 0 Å². The van der Waals surface area contributed by atoms with Gasteiger partial charge in [-0.3, -0.25) is 0 Å². The van der Waals surface area contributed by atoms with Crippen LogP contribution in [0.1, 0.15) is 30.2 Å². The maximum absolute atomic E-state index is 8.84. The minimum Gasteiger partial charge on any atom is -0.313 e. The highest BCUT2D eigenvalue weighted by Gasteiger charge is 1.99. The van der Waals surface area contributed by atoms with Crippen LogP contribution in [0.15, 0.2) is 47.5 Å². The van der Waals surface area contributed by atoms with Gasteiger partial charge in [0.2, 0.25) is 0 Å². The number of nitrogens with one attached hydrogen (secondary N) is 1. The first-order chi connectivity index (χ1) is 10.3. The van der Waals surface area contributed by atoms with E-state index in [1.807, 2.05) is 12.1 Å². The third kappa shape index (κ3) is 5.22. The average Bonchev–Trinajstić information content (AvgIpc) is 2.54. The fourth-order valence-corrected chi connectivity index (χ4v) is 2.75. The Morgan fingerprint density at radius 1 is 1.19 bits per heavy atom. The van der Waals surface area contributed by atoms with Gasteiger partial charge in [0.15, 0.2) is 0 Å². The van der Waals surface area contributed by atoms with Crippen molar-refractivity contribution in [3.05, 3.63) is 59.4 Å². The Morgan fingerprint density at radius 3 is 2.71 bits per heavy atom. The van der Waals surface area contributed by atoms with Crippen LogP contribution in [0.2, 0.25) is 0 Å². The predicted molar refractivity (Wildman–Crippen MR) is 87.0 cm³/mol. The molecule has 0 aliphatic carbocycles. The first-order valence-corrected chi connectivity index (χ1v) is 8.08. The van der Waals surface area contributed by atoms with Gasteiger partial charge in [-0.2, -0.15) is 5.26 Å². The molecule has 0 unspecified atom stereocenters. The van der Waals surface area contributed by atoms with Crippen molar-refractivity contribution in [3.63, 3.8) is 0 Å². The van der Waals surface area contributed by atoms with E-state index < -0.39 is 0 Å². The van der Waals surface area contributed by atoms with Gasteiger partial charge in [-0.25, -0.2) is 4.98 Å². The Morgan fingerprint density at radius 2 is 2.00 bits per heavy atom. The molecule has 0 atom stereocenters. The number of rotatable bonds is 7. The lowest BCUT2D eigenvalue weighted by Gasteiger charge is -2.05. The Bertz CT molecular complexity index is 602. The summed E-state index contributed by atoms with van der Waals surface area (Å²) in [6, 6.07) is 14.5. The maximum Gasteiger partial charge on any atom is 0.140 e. The predicted octanol–water partition coefficient (Wildman–Crippen LogP) is 3.75. The van der Waals surface area contributed by atoms with E-state index in [2.05, 4.69) is 47.6 Å². The quantitative estimate of drug-likeness (QED) is 0.624. The van der Waals surface area contributed by atoms with Gasteiger partial charge < -0.3 is 5.32 Å². The average molecular weight is 297 g/mol. The number of hydrogen-bond donors (Lipinski definition) is 1. The molecular formula is C17H19N3S. The van der Waals surface area contributed by atoms with Crippen molar-refractivity contribution < 1.29 is 0 Å². The molecule has 0 aliphatic heterocycles. The van der Waals surface area contributed by atoms with Crippen molar-refractivity contribution in [1.29, 1.82) is 5.26 Å². The zero-order valence-corrected chi connectivity index (χ0v) is 13.0. The van der Waals surface area contributed by atoms with Gasteiger partial charge in [0.1, 0.15) is 11.8 Å². The van der Waals surface area contributed by atoms with Crippen LogP contribution in [0.3, 0.4) is 0 Å². The number of pyridine rings is 1. The molecule has 0 radical (unpaired) electrons. The highest BCUT2D eigenvalue weighted by molar-refractivity contribution is 7.98. The largest absolute Gasteiger partial charge is 0.313 e. The van der Waals surface area contributed by atoms with E-state index >= 15 is 0 Å². The molecule has 0 fully saturated rings. The van der Waals surface area contributed by atoms with E-state index in [1.165, 1.54) is 10.5 Å². The van der Waals surface area contributed by atoms with Crippen molar-refractivity contribution in [2.24, 2.45) is 0 Å². The molecule has 0 spiro atoms. The van der Waals surface area contributed by atoms with Crippen LogP contribution in [-0.2, 0) is 12.3 Å². The molecule has 3 nitrogen and oxygen atoms in total. The third-order valence-electron chi connectivity index (χ3n) is 3.02.